The Kier molecular flexibility index (Phi) is 8.67. The molecule has 2 rings (SSSR count). The zero-order valence-corrected chi connectivity index (χ0v) is 18.8. The van der Waals surface area contributed by atoms with Crippen molar-refractivity contribution in [1.82, 2.24) is 20.5 Å². The van der Waals surface area contributed by atoms with Gasteiger partial charge in [-0.15, -0.1) is 24.0 Å². The second-order valence-corrected chi connectivity index (χ2v) is 7.53. The molecule has 1 aromatic heterocycles. The van der Waals surface area contributed by atoms with Crippen LogP contribution in [0.5, 0.6) is 0 Å². The second-order valence-electron chi connectivity index (χ2n) is 7.53. The van der Waals surface area contributed by atoms with Crippen LogP contribution in [0, 0.1) is 19.8 Å². The van der Waals surface area contributed by atoms with Crippen LogP contribution in [-0.2, 0) is 6.54 Å². The minimum atomic E-state index is 0. The quantitative estimate of drug-likeness (QED) is 0.399. The van der Waals surface area contributed by atoms with Crippen LogP contribution in [0.1, 0.15) is 51.0 Å². The van der Waals surface area contributed by atoms with Gasteiger partial charge in [0.05, 0.1) is 12.2 Å². The summed E-state index contributed by atoms with van der Waals surface area (Å²) in [5, 5.41) is 6.72. The van der Waals surface area contributed by atoms with Crippen molar-refractivity contribution in [3.8, 4) is 0 Å². The van der Waals surface area contributed by atoms with E-state index in [0.29, 0.717) is 12.4 Å². The standard InChI is InChI=1S/C18H33N5O.HI/c1-13-8-7-9-23(11-13)18(4,5)12-21-17(19-6)20-10-16-22-14(2)15(3)24-16;/h13H,7-12H2,1-6H3,(H2,19,20,21);1H. The molecular formula is C18H34IN5O. The summed E-state index contributed by atoms with van der Waals surface area (Å²) in [7, 11) is 1.79. The number of hydrogen-bond donors (Lipinski definition) is 2. The second kappa shape index (κ2) is 9.75. The van der Waals surface area contributed by atoms with Crippen molar-refractivity contribution in [1.29, 1.82) is 0 Å². The molecule has 1 aromatic rings. The van der Waals surface area contributed by atoms with Crippen molar-refractivity contribution in [2.75, 3.05) is 26.7 Å². The highest BCUT2D eigenvalue weighted by molar-refractivity contribution is 14.0. The summed E-state index contributed by atoms with van der Waals surface area (Å²) in [4.78, 5) is 11.3. The molecule has 1 aliphatic heterocycles. The number of rotatable bonds is 5. The third kappa shape index (κ3) is 6.44. The lowest BCUT2D eigenvalue weighted by Gasteiger charge is -2.43. The maximum atomic E-state index is 5.60. The van der Waals surface area contributed by atoms with Crippen LogP contribution in [0.25, 0.3) is 0 Å². The van der Waals surface area contributed by atoms with Crippen molar-refractivity contribution in [2.24, 2.45) is 10.9 Å². The summed E-state index contributed by atoms with van der Waals surface area (Å²) in [6, 6.07) is 0. The Morgan fingerprint density at radius 3 is 2.64 bits per heavy atom. The van der Waals surface area contributed by atoms with Crippen molar-refractivity contribution in [3.63, 3.8) is 0 Å². The minimum absolute atomic E-state index is 0. The fraction of sp³-hybridized carbons (Fsp3) is 0.778. The number of aryl methyl sites for hydroxylation is 2. The first kappa shape index (κ1) is 22.2. The zero-order valence-electron chi connectivity index (χ0n) is 16.5. The molecule has 25 heavy (non-hydrogen) atoms. The average molecular weight is 463 g/mol. The number of aliphatic imine (C=N–C) groups is 1. The summed E-state index contributed by atoms with van der Waals surface area (Å²) in [5.41, 5.74) is 1.04. The van der Waals surface area contributed by atoms with E-state index in [0.717, 1.165) is 29.9 Å². The van der Waals surface area contributed by atoms with E-state index in [2.05, 4.69) is 46.3 Å². The number of nitrogens with zero attached hydrogens (tertiary/aromatic N) is 3. The Labute approximate surface area is 169 Å². The summed E-state index contributed by atoms with van der Waals surface area (Å²) < 4.78 is 5.60. The van der Waals surface area contributed by atoms with E-state index in [9.17, 15) is 0 Å². The molecule has 0 amide bonds. The number of oxazole rings is 1. The largest absolute Gasteiger partial charge is 0.444 e. The molecule has 2 N–H and O–H groups in total. The summed E-state index contributed by atoms with van der Waals surface area (Å²) >= 11 is 0. The van der Waals surface area contributed by atoms with Crippen molar-refractivity contribution in [3.05, 3.63) is 17.3 Å². The van der Waals surface area contributed by atoms with Gasteiger partial charge >= 0.3 is 0 Å². The lowest BCUT2D eigenvalue weighted by molar-refractivity contribution is 0.0739. The van der Waals surface area contributed by atoms with Gasteiger partial charge in [-0.3, -0.25) is 9.89 Å². The zero-order chi connectivity index (χ0) is 17.7. The molecule has 0 aliphatic carbocycles. The van der Waals surface area contributed by atoms with Crippen LogP contribution < -0.4 is 10.6 Å². The number of nitrogens with one attached hydrogen (secondary N) is 2. The monoisotopic (exact) mass is 463 g/mol. The molecule has 0 spiro atoms. The molecule has 0 aromatic carbocycles. The number of aromatic nitrogens is 1. The van der Waals surface area contributed by atoms with Gasteiger partial charge in [0.1, 0.15) is 5.76 Å². The predicted molar refractivity (Wildman–Crippen MR) is 114 cm³/mol. The van der Waals surface area contributed by atoms with E-state index in [1.807, 2.05) is 13.8 Å². The van der Waals surface area contributed by atoms with Gasteiger partial charge in [0.2, 0.25) is 5.89 Å². The van der Waals surface area contributed by atoms with Gasteiger partial charge in [-0.05, 0) is 53.0 Å². The minimum Gasteiger partial charge on any atom is -0.444 e. The lowest BCUT2D eigenvalue weighted by Crippen LogP contribution is -2.55. The van der Waals surface area contributed by atoms with Gasteiger partial charge in [0.15, 0.2) is 5.96 Å². The van der Waals surface area contributed by atoms with Gasteiger partial charge in [-0.1, -0.05) is 6.92 Å². The van der Waals surface area contributed by atoms with Gasteiger partial charge in [-0.2, -0.15) is 0 Å². The van der Waals surface area contributed by atoms with Crippen LogP contribution in [0.3, 0.4) is 0 Å². The molecule has 144 valence electrons. The van der Waals surface area contributed by atoms with Crippen LogP contribution in [0.15, 0.2) is 9.41 Å². The number of guanidine groups is 1. The number of likely N-dealkylation sites (tertiary alicyclic amines) is 1. The third-order valence-corrected chi connectivity index (χ3v) is 4.91. The summed E-state index contributed by atoms with van der Waals surface area (Å²) in [5.74, 6) is 3.13. The van der Waals surface area contributed by atoms with Crippen LogP contribution >= 0.6 is 24.0 Å². The molecule has 1 unspecified atom stereocenters. The maximum Gasteiger partial charge on any atom is 0.214 e. The molecule has 0 saturated carbocycles. The van der Waals surface area contributed by atoms with Gasteiger partial charge < -0.3 is 15.1 Å². The Balaban J connectivity index is 0.00000312. The topological polar surface area (TPSA) is 65.7 Å². The van der Waals surface area contributed by atoms with E-state index in [-0.39, 0.29) is 29.5 Å². The number of halogens is 1. The van der Waals surface area contributed by atoms with Gasteiger partial charge in [0, 0.05) is 25.7 Å². The first-order valence-corrected chi connectivity index (χ1v) is 8.94. The molecule has 1 atom stereocenters. The molecule has 0 bridgehead atoms. The molecule has 0 radical (unpaired) electrons. The highest BCUT2D eigenvalue weighted by Gasteiger charge is 2.30. The summed E-state index contributed by atoms with van der Waals surface area (Å²) in [6.07, 6.45) is 2.64. The molecule has 1 saturated heterocycles. The lowest BCUT2D eigenvalue weighted by atomic mass is 9.93. The number of hydrogen-bond acceptors (Lipinski definition) is 4. The Hall–Kier alpha value is -0.830. The fourth-order valence-electron chi connectivity index (χ4n) is 3.15. The molecule has 1 fully saturated rings. The van der Waals surface area contributed by atoms with Crippen LogP contribution in [0.4, 0.5) is 0 Å². The Morgan fingerprint density at radius 2 is 2.08 bits per heavy atom. The van der Waals surface area contributed by atoms with Crippen LogP contribution in [0.2, 0.25) is 0 Å². The SMILES string of the molecule is CN=C(NCc1nc(C)c(C)o1)NCC(C)(C)N1CCCC(C)C1.I. The Bertz CT molecular complexity index is 550. The van der Waals surface area contributed by atoms with Crippen molar-refractivity contribution < 1.29 is 4.42 Å². The third-order valence-electron chi connectivity index (χ3n) is 4.91. The van der Waals surface area contributed by atoms with Gasteiger partial charge in [0.25, 0.3) is 0 Å². The first-order chi connectivity index (χ1) is 11.3. The highest BCUT2D eigenvalue weighted by Crippen LogP contribution is 2.23. The molecule has 2 heterocycles. The smallest absolute Gasteiger partial charge is 0.214 e. The van der Waals surface area contributed by atoms with Gasteiger partial charge in [-0.25, -0.2) is 4.98 Å². The maximum absolute atomic E-state index is 5.60. The molecule has 1 aliphatic rings. The first-order valence-electron chi connectivity index (χ1n) is 8.94. The molecule has 7 heteroatoms. The summed E-state index contributed by atoms with van der Waals surface area (Å²) in [6.45, 7) is 14.6. The van der Waals surface area contributed by atoms with E-state index in [4.69, 9.17) is 4.42 Å². The van der Waals surface area contributed by atoms with E-state index >= 15 is 0 Å². The predicted octanol–water partition coefficient (Wildman–Crippen LogP) is 3.08. The molecular weight excluding hydrogens is 429 g/mol. The average Bonchev–Trinajstić information content (AvgIpc) is 2.86. The normalized spacial score (nSPS) is 19.4. The van der Waals surface area contributed by atoms with E-state index < -0.39 is 0 Å². The van der Waals surface area contributed by atoms with E-state index in [1.54, 1.807) is 7.05 Å². The fourth-order valence-corrected chi connectivity index (χ4v) is 3.15. The Morgan fingerprint density at radius 1 is 1.36 bits per heavy atom. The van der Waals surface area contributed by atoms with Crippen molar-refractivity contribution in [2.45, 2.75) is 59.5 Å². The van der Waals surface area contributed by atoms with Crippen molar-refractivity contribution >= 4 is 29.9 Å². The van der Waals surface area contributed by atoms with Crippen LogP contribution in [-0.4, -0.2) is 48.1 Å². The van der Waals surface area contributed by atoms with E-state index in [1.165, 1.54) is 25.9 Å². The molecule has 6 nitrogen and oxygen atoms in total. The highest BCUT2D eigenvalue weighted by atomic mass is 127. The number of piperidine rings is 1.